The lowest BCUT2D eigenvalue weighted by molar-refractivity contribution is 0.0744. The summed E-state index contributed by atoms with van der Waals surface area (Å²) >= 11 is 6.46. The van der Waals surface area contributed by atoms with Gasteiger partial charge < -0.3 is 14.6 Å². The molecule has 0 fully saturated rings. The molecule has 0 bridgehead atoms. The van der Waals surface area contributed by atoms with E-state index in [-0.39, 0.29) is 16.6 Å². The number of aromatic amines is 1. The SMILES string of the molecule is COCCN(C)C(=O)c1cc2[nH]c(=O)c3nnc(-c4ccccc4)n3c2cc1Cl. The Hall–Kier alpha value is -3.23. The van der Waals surface area contributed by atoms with Crippen LogP contribution in [0.25, 0.3) is 28.1 Å². The molecule has 0 unspecified atom stereocenters. The van der Waals surface area contributed by atoms with E-state index in [1.54, 1.807) is 30.7 Å². The highest BCUT2D eigenvalue weighted by Gasteiger charge is 2.20. The van der Waals surface area contributed by atoms with Crippen LogP contribution in [0.1, 0.15) is 10.4 Å². The molecule has 1 amide bonds. The number of amides is 1. The van der Waals surface area contributed by atoms with Gasteiger partial charge in [-0.2, -0.15) is 0 Å². The van der Waals surface area contributed by atoms with E-state index in [4.69, 9.17) is 16.3 Å². The fourth-order valence-electron chi connectivity index (χ4n) is 3.16. The number of methoxy groups -OCH3 is 1. The van der Waals surface area contributed by atoms with Crippen molar-refractivity contribution in [3.63, 3.8) is 0 Å². The number of carbonyl (C=O) groups is 1. The van der Waals surface area contributed by atoms with Crippen LogP contribution >= 0.6 is 11.6 Å². The van der Waals surface area contributed by atoms with Crippen LogP contribution < -0.4 is 5.56 Å². The van der Waals surface area contributed by atoms with Crippen LogP contribution in [-0.4, -0.2) is 57.7 Å². The zero-order valence-electron chi connectivity index (χ0n) is 15.8. The maximum absolute atomic E-state index is 12.8. The molecule has 9 heteroatoms. The summed E-state index contributed by atoms with van der Waals surface area (Å²) in [5.41, 5.74) is 1.92. The van der Waals surface area contributed by atoms with Gasteiger partial charge in [-0.05, 0) is 12.1 Å². The van der Waals surface area contributed by atoms with Crippen molar-refractivity contribution in [2.24, 2.45) is 0 Å². The summed E-state index contributed by atoms with van der Waals surface area (Å²) in [5, 5.41) is 8.49. The highest BCUT2D eigenvalue weighted by molar-refractivity contribution is 6.34. The van der Waals surface area contributed by atoms with Gasteiger partial charge in [0.2, 0.25) is 5.65 Å². The van der Waals surface area contributed by atoms with Gasteiger partial charge in [0.25, 0.3) is 11.5 Å². The maximum Gasteiger partial charge on any atom is 0.294 e. The van der Waals surface area contributed by atoms with Crippen molar-refractivity contribution in [1.29, 1.82) is 0 Å². The summed E-state index contributed by atoms with van der Waals surface area (Å²) in [6.07, 6.45) is 0. The third kappa shape index (κ3) is 3.37. The average Bonchev–Trinajstić information content (AvgIpc) is 3.18. The fraction of sp³-hybridized carbons (Fsp3) is 0.200. The average molecular weight is 412 g/mol. The third-order valence-corrected chi connectivity index (χ3v) is 4.99. The molecule has 0 aliphatic rings. The Morgan fingerprint density at radius 1 is 1.24 bits per heavy atom. The highest BCUT2D eigenvalue weighted by Crippen LogP contribution is 2.26. The number of nitrogens with zero attached hydrogens (tertiary/aromatic N) is 4. The lowest BCUT2D eigenvalue weighted by atomic mass is 10.1. The number of aromatic nitrogens is 4. The summed E-state index contributed by atoms with van der Waals surface area (Å²) in [5.74, 6) is 0.256. The van der Waals surface area contributed by atoms with Crippen LogP contribution in [0, 0.1) is 0 Å². The van der Waals surface area contributed by atoms with Crippen molar-refractivity contribution in [2.45, 2.75) is 0 Å². The molecule has 1 N–H and O–H groups in total. The second kappa shape index (κ2) is 7.65. The van der Waals surface area contributed by atoms with Gasteiger partial charge in [0.1, 0.15) is 0 Å². The summed E-state index contributed by atoms with van der Waals surface area (Å²) < 4.78 is 6.67. The molecule has 0 aliphatic carbocycles. The van der Waals surface area contributed by atoms with Crippen molar-refractivity contribution < 1.29 is 9.53 Å². The van der Waals surface area contributed by atoms with Gasteiger partial charge in [0.05, 0.1) is 28.2 Å². The van der Waals surface area contributed by atoms with Gasteiger partial charge >= 0.3 is 0 Å². The summed E-state index contributed by atoms with van der Waals surface area (Å²) in [7, 11) is 3.24. The molecule has 8 nitrogen and oxygen atoms in total. The van der Waals surface area contributed by atoms with E-state index in [2.05, 4.69) is 15.2 Å². The number of fused-ring (bicyclic) bond motifs is 3. The van der Waals surface area contributed by atoms with E-state index in [1.807, 2.05) is 30.3 Å². The van der Waals surface area contributed by atoms with E-state index < -0.39 is 5.56 Å². The Labute approximate surface area is 170 Å². The van der Waals surface area contributed by atoms with Gasteiger partial charge in [-0.25, -0.2) is 0 Å². The van der Waals surface area contributed by atoms with Crippen LogP contribution in [0.3, 0.4) is 0 Å². The summed E-state index contributed by atoms with van der Waals surface area (Å²) in [6.45, 7) is 0.828. The van der Waals surface area contributed by atoms with E-state index >= 15 is 0 Å². The van der Waals surface area contributed by atoms with E-state index in [1.165, 1.54) is 4.90 Å². The minimum absolute atomic E-state index is 0.156. The number of likely N-dealkylation sites (N-methyl/N-ethyl adjacent to an activating group) is 1. The molecule has 0 saturated carbocycles. The van der Waals surface area contributed by atoms with Gasteiger partial charge in [-0.3, -0.25) is 14.0 Å². The monoisotopic (exact) mass is 411 g/mol. The van der Waals surface area contributed by atoms with Gasteiger partial charge in [-0.15, -0.1) is 10.2 Å². The van der Waals surface area contributed by atoms with Gasteiger partial charge in [0, 0.05) is 26.3 Å². The zero-order valence-corrected chi connectivity index (χ0v) is 16.6. The number of nitrogens with one attached hydrogen (secondary N) is 1. The molecule has 0 saturated heterocycles. The van der Waals surface area contributed by atoms with E-state index in [0.717, 1.165) is 5.56 Å². The van der Waals surface area contributed by atoms with Crippen LogP contribution in [0.2, 0.25) is 5.02 Å². The van der Waals surface area contributed by atoms with Crippen LogP contribution in [-0.2, 0) is 4.74 Å². The third-order valence-electron chi connectivity index (χ3n) is 4.68. The summed E-state index contributed by atoms with van der Waals surface area (Å²) in [4.78, 5) is 29.6. The Kier molecular flexibility index (Phi) is 5.04. The largest absolute Gasteiger partial charge is 0.383 e. The number of rotatable bonds is 5. The lowest BCUT2D eigenvalue weighted by Gasteiger charge is -2.18. The molecule has 148 valence electrons. The maximum atomic E-state index is 12.8. The Bertz CT molecular complexity index is 1270. The van der Waals surface area contributed by atoms with Crippen molar-refractivity contribution in [3.05, 3.63) is 63.4 Å². The molecule has 4 rings (SSSR count). The van der Waals surface area contributed by atoms with Crippen LogP contribution in [0.15, 0.2) is 47.3 Å². The van der Waals surface area contributed by atoms with Crippen LogP contribution in [0.5, 0.6) is 0 Å². The summed E-state index contributed by atoms with van der Waals surface area (Å²) in [6, 6.07) is 12.6. The quantitative estimate of drug-likeness (QED) is 0.545. The van der Waals surface area contributed by atoms with Crippen molar-refractivity contribution in [1.82, 2.24) is 24.5 Å². The number of halogens is 1. The molecule has 0 radical (unpaired) electrons. The molecule has 0 aliphatic heterocycles. The first-order valence-electron chi connectivity index (χ1n) is 8.91. The molecule has 2 aromatic carbocycles. The van der Waals surface area contributed by atoms with E-state index in [0.29, 0.717) is 35.6 Å². The first kappa shape index (κ1) is 19.1. The van der Waals surface area contributed by atoms with Gasteiger partial charge in [0.15, 0.2) is 5.82 Å². The molecule has 4 aromatic rings. The lowest BCUT2D eigenvalue weighted by Crippen LogP contribution is -2.30. The minimum atomic E-state index is -0.402. The molecule has 2 heterocycles. The number of carbonyl (C=O) groups excluding carboxylic acids is 1. The Morgan fingerprint density at radius 3 is 2.72 bits per heavy atom. The number of H-pyrrole nitrogens is 1. The predicted octanol–water partition coefficient (Wildman–Crippen LogP) is 2.61. The second-order valence-corrected chi connectivity index (χ2v) is 6.98. The number of benzene rings is 2. The zero-order chi connectivity index (χ0) is 20.5. The Balaban J connectivity index is 1.92. The topological polar surface area (TPSA) is 92.6 Å². The normalized spacial score (nSPS) is 11.3. The standard InChI is InChI=1S/C20H18ClN5O3/c1-25(8-9-29-2)20(28)13-10-15-16(11-14(13)21)26-17(12-6-4-3-5-7-12)23-24-18(26)19(27)22-15/h3-7,10-11H,8-9H2,1-2H3,(H,22,27). The highest BCUT2D eigenvalue weighted by atomic mass is 35.5. The first-order chi connectivity index (χ1) is 14.0. The predicted molar refractivity (Wildman–Crippen MR) is 110 cm³/mol. The van der Waals surface area contributed by atoms with Gasteiger partial charge in [-0.1, -0.05) is 41.9 Å². The Morgan fingerprint density at radius 2 is 2.00 bits per heavy atom. The van der Waals surface area contributed by atoms with Crippen molar-refractivity contribution in [3.8, 4) is 11.4 Å². The first-order valence-corrected chi connectivity index (χ1v) is 9.29. The van der Waals surface area contributed by atoms with E-state index in [9.17, 15) is 9.59 Å². The molecular formula is C20H18ClN5O3. The molecule has 0 spiro atoms. The molecule has 0 atom stereocenters. The van der Waals surface area contributed by atoms with Crippen molar-refractivity contribution in [2.75, 3.05) is 27.3 Å². The van der Waals surface area contributed by atoms with Crippen LogP contribution in [0.4, 0.5) is 0 Å². The molecule has 2 aromatic heterocycles. The minimum Gasteiger partial charge on any atom is -0.383 e. The number of ether oxygens (including phenoxy) is 1. The number of hydrogen-bond acceptors (Lipinski definition) is 5. The van der Waals surface area contributed by atoms with Crippen molar-refractivity contribution >= 4 is 34.2 Å². The second-order valence-electron chi connectivity index (χ2n) is 6.57. The molecule has 29 heavy (non-hydrogen) atoms. The smallest absolute Gasteiger partial charge is 0.294 e. The fourth-order valence-corrected chi connectivity index (χ4v) is 3.40. The molecular weight excluding hydrogens is 394 g/mol. The number of hydrogen-bond donors (Lipinski definition) is 1.